The highest BCUT2D eigenvalue weighted by Gasteiger charge is 2.37. The minimum Gasteiger partial charge on any atom is -0.389 e. The molecule has 16 heavy (non-hydrogen) atoms. The highest BCUT2D eigenvalue weighted by molar-refractivity contribution is 4.93. The minimum atomic E-state index is -0.383. The van der Waals surface area contributed by atoms with Crippen molar-refractivity contribution in [2.75, 3.05) is 33.2 Å². The monoisotopic (exact) mass is 226 g/mol. The summed E-state index contributed by atoms with van der Waals surface area (Å²) in [6, 6.07) is 0. The Morgan fingerprint density at radius 1 is 1.12 bits per heavy atom. The molecule has 1 aliphatic heterocycles. The van der Waals surface area contributed by atoms with Gasteiger partial charge >= 0.3 is 0 Å². The molecule has 2 aliphatic rings. The van der Waals surface area contributed by atoms with Crippen LogP contribution < -0.4 is 0 Å². The van der Waals surface area contributed by atoms with E-state index in [1.165, 1.54) is 12.8 Å². The van der Waals surface area contributed by atoms with Gasteiger partial charge in [-0.2, -0.15) is 0 Å². The van der Waals surface area contributed by atoms with Crippen molar-refractivity contribution in [1.82, 2.24) is 9.80 Å². The largest absolute Gasteiger partial charge is 0.389 e. The molecule has 0 aromatic rings. The Bertz CT molecular complexity index is 246. The lowest BCUT2D eigenvalue weighted by Crippen LogP contribution is -2.59. The molecule has 0 bridgehead atoms. The summed E-state index contributed by atoms with van der Waals surface area (Å²) < 4.78 is 0. The Morgan fingerprint density at radius 2 is 1.75 bits per heavy atom. The highest BCUT2D eigenvalue weighted by Crippen LogP contribution is 2.31. The van der Waals surface area contributed by atoms with Gasteiger partial charge in [0.1, 0.15) is 0 Å². The third-order valence-electron chi connectivity index (χ3n) is 4.45. The lowest BCUT2D eigenvalue weighted by Gasteiger charge is -2.47. The molecule has 0 radical (unpaired) electrons. The molecule has 2 fully saturated rings. The third kappa shape index (κ3) is 2.58. The van der Waals surface area contributed by atoms with E-state index in [-0.39, 0.29) is 11.1 Å². The van der Waals surface area contributed by atoms with Gasteiger partial charge in [0.15, 0.2) is 0 Å². The first-order valence-corrected chi connectivity index (χ1v) is 6.57. The van der Waals surface area contributed by atoms with Gasteiger partial charge in [0, 0.05) is 31.7 Å². The normalized spacial score (nSPS) is 30.8. The highest BCUT2D eigenvalue weighted by atomic mass is 16.3. The standard InChI is InChI=1S/C13H26N2O/c1-12(2)10-15(9-8-14(12)3)11-13(16)6-4-5-7-13/h16H,4-11H2,1-3H3. The van der Waals surface area contributed by atoms with Crippen LogP contribution in [0.3, 0.4) is 0 Å². The Kier molecular flexibility index (Phi) is 3.30. The molecule has 1 aliphatic carbocycles. The number of aliphatic hydroxyl groups is 1. The Balaban J connectivity index is 1.91. The zero-order chi connectivity index (χ0) is 11.8. The van der Waals surface area contributed by atoms with E-state index in [0.717, 1.165) is 39.0 Å². The smallest absolute Gasteiger partial charge is 0.0774 e. The summed E-state index contributed by atoms with van der Waals surface area (Å²) in [5.74, 6) is 0. The zero-order valence-electron chi connectivity index (χ0n) is 11.0. The molecular formula is C13H26N2O. The number of rotatable bonds is 2. The van der Waals surface area contributed by atoms with E-state index in [1.807, 2.05) is 0 Å². The molecule has 94 valence electrons. The van der Waals surface area contributed by atoms with E-state index < -0.39 is 0 Å². The van der Waals surface area contributed by atoms with Crippen molar-refractivity contribution in [3.8, 4) is 0 Å². The van der Waals surface area contributed by atoms with Crippen LogP contribution in [0.2, 0.25) is 0 Å². The molecule has 3 nitrogen and oxygen atoms in total. The van der Waals surface area contributed by atoms with Crippen molar-refractivity contribution in [2.24, 2.45) is 0 Å². The topological polar surface area (TPSA) is 26.7 Å². The van der Waals surface area contributed by atoms with Gasteiger partial charge in [0.25, 0.3) is 0 Å². The average Bonchev–Trinajstić information content (AvgIpc) is 2.58. The summed E-state index contributed by atoms with van der Waals surface area (Å²) in [6.45, 7) is 8.75. The summed E-state index contributed by atoms with van der Waals surface area (Å²) >= 11 is 0. The van der Waals surface area contributed by atoms with E-state index in [1.54, 1.807) is 0 Å². The summed E-state index contributed by atoms with van der Waals surface area (Å²) in [5.41, 5.74) is -0.140. The van der Waals surface area contributed by atoms with Gasteiger partial charge < -0.3 is 5.11 Å². The molecular weight excluding hydrogens is 200 g/mol. The van der Waals surface area contributed by atoms with Crippen LogP contribution in [0.1, 0.15) is 39.5 Å². The van der Waals surface area contributed by atoms with Crippen LogP contribution >= 0.6 is 0 Å². The Labute approximate surface area is 99.4 Å². The van der Waals surface area contributed by atoms with Crippen molar-refractivity contribution >= 4 is 0 Å². The quantitative estimate of drug-likeness (QED) is 0.769. The van der Waals surface area contributed by atoms with Crippen LogP contribution in [0.4, 0.5) is 0 Å². The molecule has 0 aromatic carbocycles. The zero-order valence-corrected chi connectivity index (χ0v) is 11.0. The predicted molar refractivity (Wildman–Crippen MR) is 66.6 cm³/mol. The van der Waals surface area contributed by atoms with Gasteiger partial charge in [-0.05, 0) is 33.7 Å². The van der Waals surface area contributed by atoms with E-state index in [9.17, 15) is 5.11 Å². The second-order valence-corrected chi connectivity index (χ2v) is 6.38. The van der Waals surface area contributed by atoms with E-state index in [2.05, 4.69) is 30.7 Å². The second kappa shape index (κ2) is 4.28. The first-order chi connectivity index (χ1) is 7.41. The maximum Gasteiger partial charge on any atom is 0.0774 e. The maximum atomic E-state index is 10.4. The molecule has 1 saturated carbocycles. The number of hydrogen-bond acceptors (Lipinski definition) is 3. The van der Waals surface area contributed by atoms with Gasteiger partial charge in [-0.25, -0.2) is 0 Å². The van der Waals surface area contributed by atoms with Gasteiger partial charge in [0.05, 0.1) is 5.60 Å². The number of likely N-dealkylation sites (N-methyl/N-ethyl adjacent to an activating group) is 1. The summed E-state index contributed by atoms with van der Waals surface area (Å²) in [5, 5.41) is 10.4. The van der Waals surface area contributed by atoms with Crippen LogP contribution in [-0.4, -0.2) is 59.3 Å². The summed E-state index contributed by atoms with van der Waals surface area (Å²) in [4.78, 5) is 4.87. The fourth-order valence-corrected chi connectivity index (χ4v) is 3.08. The maximum absolute atomic E-state index is 10.4. The van der Waals surface area contributed by atoms with E-state index in [0.29, 0.717) is 0 Å². The molecule has 0 amide bonds. The van der Waals surface area contributed by atoms with Crippen molar-refractivity contribution in [2.45, 2.75) is 50.7 Å². The van der Waals surface area contributed by atoms with Crippen LogP contribution in [-0.2, 0) is 0 Å². The molecule has 0 unspecified atom stereocenters. The van der Waals surface area contributed by atoms with Crippen LogP contribution in [0, 0.1) is 0 Å². The Morgan fingerprint density at radius 3 is 2.31 bits per heavy atom. The van der Waals surface area contributed by atoms with Crippen LogP contribution in [0.25, 0.3) is 0 Å². The SMILES string of the molecule is CN1CCN(CC2(O)CCCC2)CC1(C)C. The molecule has 3 heteroatoms. The first kappa shape index (κ1) is 12.3. The van der Waals surface area contributed by atoms with E-state index >= 15 is 0 Å². The number of β-amino-alcohol motifs (C(OH)–C–C–N with tert-alkyl or cyclic N) is 1. The van der Waals surface area contributed by atoms with Gasteiger partial charge in [-0.3, -0.25) is 9.80 Å². The van der Waals surface area contributed by atoms with Crippen LogP contribution in [0.15, 0.2) is 0 Å². The summed E-state index contributed by atoms with van der Waals surface area (Å²) in [6.07, 6.45) is 4.40. The fraction of sp³-hybridized carbons (Fsp3) is 1.00. The number of hydrogen-bond donors (Lipinski definition) is 1. The predicted octanol–water partition coefficient (Wildman–Crippen LogP) is 1.32. The van der Waals surface area contributed by atoms with Crippen molar-refractivity contribution < 1.29 is 5.11 Å². The lowest BCUT2D eigenvalue weighted by molar-refractivity contribution is -0.0299. The molecule has 0 spiro atoms. The first-order valence-electron chi connectivity index (χ1n) is 6.57. The third-order valence-corrected chi connectivity index (χ3v) is 4.45. The van der Waals surface area contributed by atoms with E-state index in [4.69, 9.17) is 0 Å². The molecule has 1 heterocycles. The number of piperazine rings is 1. The molecule has 1 N–H and O–H groups in total. The van der Waals surface area contributed by atoms with Crippen molar-refractivity contribution in [3.63, 3.8) is 0 Å². The molecule has 1 saturated heterocycles. The van der Waals surface area contributed by atoms with Gasteiger partial charge in [0.2, 0.25) is 0 Å². The molecule has 0 atom stereocenters. The molecule has 0 aromatic heterocycles. The second-order valence-electron chi connectivity index (χ2n) is 6.38. The van der Waals surface area contributed by atoms with Gasteiger partial charge in [-0.15, -0.1) is 0 Å². The van der Waals surface area contributed by atoms with Crippen molar-refractivity contribution in [1.29, 1.82) is 0 Å². The molecule has 2 rings (SSSR count). The van der Waals surface area contributed by atoms with Crippen molar-refractivity contribution in [3.05, 3.63) is 0 Å². The van der Waals surface area contributed by atoms with Crippen LogP contribution in [0.5, 0.6) is 0 Å². The number of nitrogens with zero attached hydrogens (tertiary/aromatic N) is 2. The summed E-state index contributed by atoms with van der Waals surface area (Å²) in [7, 11) is 2.20. The van der Waals surface area contributed by atoms with Gasteiger partial charge in [-0.1, -0.05) is 12.8 Å². The average molecular weight is 226 g/mol. The fourth-order valence-electron chi connectivity index (χ4n) is 3.08. The Hall–Kier alpha value is -0.120. The lowest BCUT2D eigenvalue weighted by atomic mass is 9.96. The minimum absolute atomic E-state index is 0.243.